The van der Waals surface area contributed by atoms with Crippen LogP contribution < -0.4 is 5.73 Å². The molecule has 0 spiro atoms. The fourth-order valence-electron chi connectivity index (χ4n) is 2.50. The van der Waals surface area contributed by atoms with Crippen LogP contribution in [0.5, 0.6) is 0 Å². The molecule has 0 aliphatic carbocycles. The summed E-state index contributed by atoms with van der Waals surface area (Å²) in [5.41, 5.74) is 10.6. The number of aryl methyl sites for hydroxylation is 2. The number of benzene rings is 2. The first-order chi connectivity index (χ1) is 10.0. The third-order valence-electron chi connectivity index (χ3n) is 3.34. The lowest BCUT2D eigenvalue weighted by molar-refractivity contribution is 0.436. The molecule has 1 aromatic heterocycles. The van der Waals surface area contributed by atoms with Gasteiger partial charge in [0.2, 0.25) is 0 Å². The zero-order chi connectivity index (χ0) is 15.0. The Morgan fingerprint density at radius 3 is 2.19 bits per heavy atom. The van der Waals surface area contributed by atoms with Gasteiger partial charge in [0.15, 0.2) is 11.6 Å². The van der Waals surface area contributed by atoms with Crippen LogP contribution in [0.15, 0.2) is 47.0 Å². The molecule has 0 aliphatic rings. The molecule has 21 heavy (non-hydrogen) atoms. The Labute approximate surface area is 122 Å². The second-order valence-corrected chi connectivity index (χ2v) is 5.16. The van der Waals surface area contributed by atoms with Crippen molar-refractivity contribution in [2.24, 2.45) is 0 Å². The molecule has 0 bridgehead atoms. The van der Waals surface area contributed by atoms with Gasteiger partial charge in [-0.25, -0.2) is 4.39 Å². The van der Waals surface area contributed by atoms with E-state index >= 15 is 0 Å². The normalized spacial score (nSPS) is 10.8. The molecule has 0 radical (unpaired) electrons. The molecule has 3 rings (SSSR count). The van der Waals surface area contributed by atoms with E-state index in [0.717, 1.165) is 22.3 Å². The molecule has 0 saturated heterocycles. The van der Waals surface area contributed by atoms with Crippen molar-refractivity contribution in [2.45, 2.75) is 13.8 Å². The van der Waals surface area contributed by atoms with Crippen LogP contribution in [0, 0.1) is 19.7 Å². The molecule has 2 N–H and O–H groups in total. The summed E-state index contributed by atoms with van der Waals surface area (Å²) in [7, 11) is 0. The molecule has 0 atom stereocenters. The number of rotatable bonds is 2. The largest absolute Gasteiger partial charge is 0.380 e. The maximum atomic E-state index is 13.1. The molecule has 4 heteroatoms. The maximum Gasteiger partial charge on any atom is 0.176 e. The van der Waals surface area contributed by atoms with Crippen molar-refractivity contribution >= 4 is 5.82 Å². The quantitative estimate of drug-likeness (QED) is 0.760. The molecule has 0 unspecified atom stereocenters. The number of hydrogen-bond acceptors (Lipinski definition) is 3. The Hall–Kier alpha value is -2.62. The predicted molar refractivity (Wildman–Crippen MR) is 81.2 cm³/mol. The highest BCUT2D eigenvalue weighted by molar-refractivity contribution is 5.86. The maximum absolute atomic E-state index is 13.1. The molecule has 0 amide bonds. The van der Waals surface area contributed by atoms with Crippen molar-refractivity contribution in [3.63, 3.8) is 0 Å². The monoisotopic (exact) mass is 282 g/mol. The van der Waals surface area contributed by atoms with Gasteiger partial charge in [0.05, 0.1) is 5.56 Å². The van der Waals surface area contributed by atoms with Gasteiger partial charge in [-0.1, -0.05) is 34.5 Å². The zero-order valence-electron chi connectivity index (χ0n) is 11.9. The van der Waals surface area contributed by atoms with E-state index in [9.17, 15) is 4.39 Å². The fraction of sp³-hybridized carbons (Fsp3) is 0.118. The molecule has 0 saturated carbocycles. The van der Waals surface area contributed by atoms with Crippen molar-refractivity contribution in [1.82, 2.24) is 5.16 Å². The zero-order valence-corrected chi connectivity index (χ0v) is 11.9. The van der Waals surface area contributed by atoms with Crippen molar-refractivity contribution in [3.8, 4) is 22.5 Å². The molecule has 3 aromatic rings. The van der Waals surface area contributed by atoms with E-state index in [4.69, 9.17) is 10.3 Å². The Balaban J connectivity index is 2.19. The highest BCUT2D eigenvalue weighted by Crippen LogP contribution is 2.37. The van der Waals surface area contributed by atoms with Crippen molar-refractivity contribution in [2.75, 3.05) is 5.73 Å². The number of nitrogens with two attached hydrogens (primary N) is 1. The van der Waals surface area contributed by atoms with Gasteiger partial charge in [-0.15, -0.1) is 0 Å². The van der Waals surface area contributed by atoms with Crippen LogP contribution in [0.2, 0.25) is 0 Å². The van der Waals surface area contributed by atoms with Crippen LogP contribution in [-0.2, 0) is 0 Å². The standard InChI is InChI=1S/C17H15FN2O/c1-10-7-11(2)9-13(8-10)16-15(17(19)20-21-16)12-3-5-14(18)6-4-12/h3-9H,1-2H3,(H2,19,20). The van der Waals surface area contributed by atoms with E-state index in [1.807, 2.05) is 26.0 Å². The summed E-state index contributed by atoms with van der Waals surface area (Å²) in [5.74, 6) is 0.614. The average molecular weight is 282 g/mol. The fourth-order valence-corrected chi connectivity index (χ4v) is 2.50. The van der Waals surface area contributed by atoms with E-state index in [1.54, 1.807) is 12.1 Å². The van der Waals surface area contributed by atoms with E-state index in [0.29, 0.717) is 17.1 Å². The Morgan fingerprint density at radius 2 is 1.57 bits per heavy atom. The minimum Gasteiger partial charge on any atom is -0.380 e. The third kappa shape index (κ3) is 2.52. The summed E-state index contributed by atoms with van der Waals surface area (Å²) < 4.78 is 18.5. The van der Waals surface area contributed by atoms with Gasteiger partial charge < -0.3 is 10.3 Å². The van der Waals surface area contributed by atoms with Crippen LogP contribution in [0.25, 0.3) is 22.5 Å². The molecule has 1 heterocycles. The smallest absolute Gasteiger partial charge is 0.176 e. The number of anilines is 1. The Morgan fingerprint density at radius 1 is 0.952 bits per heavy atom. The molecule has 106 valence electrons. The molecular weight excluding hydrogens is 267 g/mol. The van der Waals surface area contributed by atoms with Gasteiger partial charge >= 0.3 is 0 Å². The number of nitrogen functional groups attached to an aromatic ring is 1. The first-order valence-corrected chi connectivity index (χ1v) is 6.64. The highest BCUT2D eigenvalue weighted by atomic mass is 19.1. The molecule has 0 fully saturated rings. The molecular formula is C17H15FN2O. The lowest BCUT2D eigenvalue weighted by Crippen LogP contribution is -1.89. The van der Waals surface area contributed by atoms with Gasteiger partial charge in [0.25, 0.3) is 0 Å². The summed E-state index contributed by atoms with van der Waals surface area (Å²) in [6.45, 7) is 4.04. The summed E-state index contributed by atoms with van der Waals surface area (Å²) in [5, 5.41) is 3.86. The van der Waals surface area contributed by atoms with Crippen LogP contribution in [-0.4, -0.2) is 5.16 Å². The average Bonchev–Trinajstić information content (AvgIpc) is 2.80. The number of aromatic nitrogens is 1. The van der Waals surface area contributed by atoms with Crippen molar-refractivity contribution < 1.29 is 8.91 Å². The summed E-state index contributed by atoms with van der Waals surface area (Å²) in [6, 6.07) is 12.2. The second kappa shape index (κ2) is 5.05. The van der Waals surface area contributed by atoms with Gasteiger partial charge in [-0.05, 0) is 43.7 Å². The van der Waals surface area contributed by atoms with Crippen LogP contribution >= 0.6 is 0 Å². The highest BCUT2D eigenvalue weighted by Gasteiger charge is 2.18. The molecule has 0 aliphatic heterocycles. The van der Waals surface area contributed by atoms with E-state index in [2.05, 4.69) is 11.2 Å². The minimum atomic E-state index is -0.290. The number of nitrogens with zero attached hydrogens (tertiary/aromatic N) is 1. The number of halogens is 1. The van der Waals surface area contributed by atoms with Crippen LogP contribution in [0.1, 0.15) is 11.1 Å². The summed E-state index contributed by atoms with van der Waals surface area (Å²) >= 11 is 0. The summed E-state index contributed by atoms with van der Waals surface area (Å²) in [6.07, 6.45) is 0. The Bertz CT molecular complexity index is 771. The van der Waals surface area contributed by atoms with E-state index in [-0.39, 0.29) is 5.82 Å². The topological polar surface area (TPSA) is 52.0 Å². The lowest BCUT2D eigenvalue weighted by atomic mass is 9.99. The van der Waals surface area contributed by atoms with Crippen molar-refractivity contribution in [1.29, 1.82) is 0 Å². The second-order valence-electron chi connectivity index (χ2n) is 5.16. The molecule has 2 aromatic carbocycles. The van der Waals surface area contributed by atoms with Gasteiger partial charge in [-0.3, -0.25) is 0 Å². The number of hydrogen-bond donors (Lipinski definition) is 1. The van der Waals surface area contributed by atoms with Gasteiger partial charge in [-0.2, -0.15) is 0 Å². The molecule has 3 nitrogen and oxygen atoms in total. The minimum absolute atomic E-state index is 0.290. The van der Waals surface area contributed by atoms with Gasteiger partial charge in [0.1, 0.15) is 5.82 Å². The van der Waals surface area contributed by atoms with Crippen LogP contribution in [0.4, 0.5) is 10.2 Å². The lowest BCUT2D eigenvalue weighted by Gasteiger charge is -2.05. The van der Waals surface area contributed by atoms with E-state index < -0.39 is 0 Å². The predicted octanol–water partition coefficient (Wildman–Crippen LogP) is 4.35. The van der Waals surface area contributed by atoms with Gasteiger partial charge in [0, 0.05) is 5.56 Å². The van der Waals surface area contributed by atoms with E-state index in [1.165, 1.54) is 12.1 Å². The first-order valence-electron chi connectivity index (χ1n) is 6.64. The SMILES string of the molecule is Cc1cc(C)cc(-c2onc(N)c2-c2ccc(F)cc2)c1. The third-order valence-corrected chi connectivity index (χ3v) is 3.34. The summed E-state index contributed by atoms with van der Waals surface area (Å²) in [4.78, 5) is 0. The Kier molecular flexibility index (Phi) is 3.22. The first kappa shape index (κ1) is 13.4. The van der Waals surface area contributed by atoms with Crippen molar-refractivity contribution in [3.05, 3.63) is 59.4 Å². The van der Waals surface area contributed by atoms with Crippen LogP contribution in [0.3, 0.4) is 0 Å².